The van der Waals surface area contributed by atoms with Gasteiger partial charge in [-0.15, -0.1) is 5.11 Å². The highest BCUT2D eigenvalue weighted by Crippen LogP contribution is 2.33. The van der Waals surface area contributed by atoms with Crippen LogP contribution in [0.15, 0.2) is 70.9 Å². The molecular formula is C16H11ClN2O. The molecule has 0 bridgehead atoms. The van der Waals surface area contributed by atoms with Crippen molar-refractivity contribution < 1.29 is 5.11 Å². The van der Waals surface area contributed by atoms with Gasteiger partial charge in [0.15, 0.2) is 0 Å². The molecule has 20 heavy (non-hydrogen) atoms. The lowest BCUT2D eigenvalue weighted by Gasteiger charge is -2.03. The molecule has 0 aliphatic carbocycles. The largest absolute Gasteiger partial charge is 0.507 e. The Kier molecular flexibility index (Phi) is 3.35. The molecule has 3 aromatic rings. The minimum atomic E-state index is 0.242. The fourth-order valence-corrected chi connectivity index (χ4v) is 2.10. The highest BCUT2D eigenvalue weighted by atomic mass is 35.5. The normalized spacial score (nSPS) is 11.2. The molecule has 4 heteroatoms. The number of phenols is 1. The standard InChI is InChI=1S/C16H11ClN2O/c17-11-5-7-12(8-6-11)18-19-15-9-10-16(20)14-4-2-1-3-13(14)15/h1-10,20H. The van der Waals surface area contributed by atoms with E-state index in [1.807, 2.05) is 24.3 Å². The number of hydrogen-bond acceptors (Lipinski definition) is 3. The van der Waals surface area contributed by atoms with Crippen LogP contribution in [-0.2, 0) is 0 Å². The van der Waals surface area contributed by atoms with Gasteiger partial charge in [-0.25, -0.2) is 0 Å². The molecule has 0 unspecified atom stereocenters. The van der Waals surface area contributed by atoms with Gasteiger partial charge in [-0.2, -0.15) is 5.11 Å². The first-order chi connectivity index (χ1) is 9.74. The number of halogens is 1. The Balaban J connectivity index is 2.03. The smallest absolute Gasteiger partial charge is 0.123 e. The molecule has 0 fully saturated rings. The van der Waals surface area contributed by atoms with Crippen LogP contribution in [0, 0.1) is 0 Å². The minimum Gasteiger partial charge on any atom is -0.507 e. The van der Waals surface area contributed by atoms with Crippen molar-refractivity contribution in [1.82, 2.24) is 0 Å². The highest BCUT2D eigenvalue weighted by Gasteiger charge is 2.03. The average Bonchev–Trinajstić information content (AvgIpc) is 2.49. The van der Waals surface area contributed by atoms with Crippen LogP contribution < -0.4 is 0 Å². The van der Waals surface area contributed by atoms with E-state index < -0.39 is 0 Å². The lowest BCUT2D eigenvalue weighted by molar-refractivity contribution is 0.481. The van der Waals surface area contributed by atoms with Gasteiger partial charge >= 0.3 is 0 Å². The SMILES string of the molecule is Oc1ccc(N=Nc2ccc(Cl)cc2)c2ccccc12. The Bertz CT molecular complexity index is 782. The van der Waals surface area contributed by atoms with Gasteiger partial charge in [0.05, 0.1) is 11.4 Å². The van der Waals surface area contributed by atoms with E-state index in [4.69, 9.17) is 11.6 Å². The van der Waals surface area contributed by atoms with Crippen molar-refractivity contribution in [3.8, 4) is 5.75 Å². The summed E-state index contributed by atoms with van der Waals surface area (Å²) >= 11 is 5.82. The predicted octanol–water partition coefficient (Wildman–Crippen LogP) is 5.61. The number of benzene rings is 3. The van der Waals surface area contributed by atoms with E-state index in [-0.39, 0.29) is 5.75 Å². The van der Waals surface area contributed by atoms with Crippen molar-refractivity contribution in [2.45, 2.75) is 0 Å². The molecule has 0 spiro atoms. The summed E-state index contributed by atoms with van der Waals surface area (Å²) in [6, 6.07) is 18.1. The van der Waals surface area contributed by atoms with Gasteiger partial charge in [-0.05, 0) is 36.4 Å². The Morgan fingerprint density at radius 1 is 0.750 bits per heavy atom. The second-order valence-corrected chi connectivity index (χ2v) is 4.76. The first-order valence-corrected chi connectivity index (χ1v) is 6.50. The maximum Gasteiger partial charge on any atom is 0.123 e. The zero-order valence-corrected chi connectivity index (χ0v) is 11.2. The number of aromatic hydroxyl groups is 1. The van der Waals surface area contributed by atoms with Crippen molar-refractivity contribution in [1.29, 1.82) is 0 Å². The predicted molar refractivity (Wildman–Crippen MR) is 81.2 cm³/mol. The Hall–Kier alpha value is -2.39. The molecule has 0 saturated heterocycles. The van der Waals surface area contributed by atoms with Gasteiger partial charge in [-0.1, -0.05) is 35.9 Å². The second-order valence-electron chi connectivity index (χ2n) is 4.33. The topological polar surface area (TPSA) is 45.0 Å². The highest BCUT2D eigenvalue weighted by molar-refractivity contribution is 6.30. The van der Waals surface area contributed by atoms with Gasteiger partial charge in [0.1, 0.15) is 5.75 Å². The lowest BCUT2D eigenvalue weighted by atomic mass is 10.1. The third kappa shape index (κ3) is 2.49. The molecule has 0 radical (unpaired) electrons. The van der Waals surface area contributed by atoms with Crippen LogP contribution in [0.3, 0.4) is 0 Å². The maximum atomic E-state index is 9.82. The summed E-state index contributed by atoms with van der Waals surface area (Å²) < 4.78 is 0. The first-order valence-electron chi connectivity index (χ1n) is 6.12. The Labute approximate surface area is 121 Å². The van der Waals surface area contributed by atoms with E-state index in [2.05, 4.69) is 10.2 Å². The molecule has 0 heterocycles. The first kappa shape index (κ1) is 12.6. The maximum absolute atomic E-state index is 9.82. The summed E-state index contributed by atoms with van der Waals surface area (Å²) in [7, 11) is 0. The van der Waals surface area contributed by atoms with Gasteiger partial charge in [0.2, 0.25) is 0 Å². The molecule has 0 amide bonds. The second kappa shape index (κ2) is 5.31. The van der Waals surface area contributed by atoms with E-state index in [9.17, 15) is 5.11 Å². The zero-order chi connectivity index (χ0) is 13.9. The lowest BCUT2D eigenvalue weighted by Crippen LogP contribution is -1.74. The third-order valence-corrected chi connectivity index (χ3v) is 3.23. The monoisotopic (exact) mass is 282 g/mol. The molecule has 3 aromatic carbocycles. The number of rotatable bonds is 2. The van der Waals surface area contributed by atoms with Crippen molar-refractivity contribution in [2.24, 2.45) is 10.2 Å². The summed E-state index contributed by atoms with van der Waals surface area (Å²) in [5.41, 5.74) is 1.44. The van der Waals surface area contributed by atoms with Crippen LogP contribution in [0.1, 0.15) is 0 Å². The molecule has 0 aromatic heterocycles. The van der Waals surface area contributed by atoms with Crippen molar-refractivity contribution >= 4 is 33.7 Å². The fourth-order valence-electron chi connectivity index (χ4n) is 1.97. The van der Waals surface area contributed by atoms with Crippen LogP contribution in [0.2, 0.25) is 5.02 Å². The van der Waals surface area contributed by atoms with Gasteiger partial charge in [0, 0.05) is 15.8 Å². The Morgan fingerprint density at radius 2 is 1.45 bits per heavy atom. The third-order valence-electron chi connectivity index (χ3n) is 2.98. The summed E-state index contributed by atoms with van der Waals surface area (Å²) in [4.78, 5) is 0. The summed E-state index contributed by atoms with van der Waals surface area (Å²) in [5.74, 6) is 0.242. The minimum absolute atomic E-state index is 0.242. The molecule has 0 aliphatic rings. The van der Waals surface area contributed by atoms with E-state index in [0.717, 1.165) is 16.5 Å². The van der Waals surface area contributed by atoms with Crippen LogP contribution in [0.25, 0.3) is 10.8 Å². The van der Waals surface area contributed by atoms with Crippen LogP contribution in [-0.4, -0.2) is 5.11 Å². The fraction of sp³-hybridized carbons (Fsp3) is 0. The molecule has 0 saturated carbocycles. The molecular weight excluding hydrogens is 272 g/mol. The molecule has 0 aliphatic heterocycles. The summed E-state index contributed by atoms with van der Waals surface area (Å²) in [6.45, 7) is 0. The molecule has 1 N–H and O–H groups in total. The summed E-state index contributed by atoms with van der Waals surface area (Å²) in [5, 5.41) is 20.5. The quantitative estimate of drug-likeness (QED) is 0.610. The number of azo groups is 1. The van der Waals surface area contributed by atoms with Gasteiger partial charge in [0.25, 0.3) is 0 Å². The number of phenolic OH excluding ortho intramolecular Hbond substituents is 1. The molecule has 3 rings (SSSR count). The van der Waals surface area contributed by atoms with Crippen molar-refractivity contribution in [3.05, 3.63) is 65.7 Å². The molecule has 0 atom stereocenters. The van der Waals surface area contributed by atoms with E-state index in [0.29, 0.717) is 10.7 Å². The van der Waals surface area contributed by atoms with Gasteiger partial charge < -0.3 is 5.11 Å². The van der Waals surface area contributed by atoms with Crippen LogP contribution in [0.4, 0.5) is 11.4 Å². The molecule has 3 nitrogen and oxygen atoms in total. The Morgan fingerprint density at radius 3 is 2.20 bits per heavy atom. The van der Waals surface area contributed by atoms with Crippen LogP contribution in [0.5, 0.6) is 5.75 Å². The van der Waals surface area contributed by atoms with Crippen molar-refractivity contribution in [3.63, 3.8) is 0 Å². The van der Waals surface area contributed by atoms with E-state index >= 15 is 0 Å². The average molecular weight is 283 g/mol. The number of fused-ring (bicyclic) bond motifs is 1. The van der Waals surface area contributed by atoms with Crippen LogP contribution >= 0.6 is 11.6 Å². The zero-order valence-electron chi connectivity index (χ0n) is 10.5. The van der Waals surface area contributed by atoms with E-state index in [1.54, 1.807) is 36.4 Å². The molecule has 98 valence electrons. The summed E-state index contributed by atoms with van der Waals surface area (Å²) in [6.07, 6.45) is 0. The number of nitrogens with zero attached hydrogens (tertiary/aromatic N) is 2. The van der Waals surface area contributed by atoms with Crippen molar-refractivity contribution in [2.75, 3.05) is 0 Å². The van der Waals surface area contributed by atoms with Gasteiger partial charge in [-0.3, -0.25) is 0 Å². The number of hydrogen-bond donors (Lipinski definition) is 1. The van der Waals surface area contributed by atoms with E-state index in [1.165, 1.54) is 0 Å².